The van der Waals surface area contributed by atoms with Crippen molar-refractivity contribution in [3.05, 3.63) is 53.8 Å². The molecule has 0 aromatic heterocycles. The number of carboxylic acids is 1. The summed E-state index contributed by atoms with van der Waals surface area (Å²) in [6.07, 6.45) is -0.509. The number of nitrogens with zero attached hydrogens (tertiary/aromatic N) is 1. The number of carbonyl (C=O) groups excluding carboxylic acids is 1. The minimum atomic E-state index is -5.08. The predicted molar refractivity (Wildman–Crippen MR) is 127 cm³/mol. The number of amides is 1. The van der Waals surface area contributed by atoms with Gasteiger partial charge in [-0.25, -0.2) is 9.18 Å². The predicted octanol–water partition coefficient (Wildman–Crippen LogP) is 4.73. The highest BCUT2D eigenvalue weighted by Crippen LogP contribution is 2.26. The zero-order valence-electron chi connectivity index (χ0n) is 20.0. The number of alkyl halides is 3. The van der Waals surface area contributed by atoms with Gasteiger partial charge in [-0.1, -0.05) is 18.2 Å². The number of benzene rings is 2. The second-order valence-electron chi connectivity index (χ2n) is 8.45. The second kappa shape index (κ2) is 12.6. The SMILES string of the molecule is CNC1CCC(NCc2cc(-c3ccc(N(C)C(C)=O)cc3)ccc2F)CC1.O=C(O)C(F)(F)F. The summed E-state index contributed by atoms with van der Waals surface area (Å²) in [7, 11) is 3.77. The average Bonchev–Trinajstić information content (AvgIpc) is 2.83. The Balaban J connectivity index is 0.000000540. The zero-order chi connectivity index (χ0) is 26.2. The van der Waals surface area contributed by atoms with Crippen molar-refractivity contribution in [3.63, 3.8) is 0 Å². The quantitative estimate of drug-likeness (QED) is 0.503. The number of hydrogen-bond acceptors (Lipinski definition) is 4. The maximum atomic E-state index is 14.3. The first-order chi connectivity index (χ1) is 16.4. The van der Waals surface area contributed by atoms with E-state index in [4.69, 9.17) is 9.90 Å². The van der Waals surface area contributed by atoms with E-state index in [2.05, 4.69) is 10.6 Å². The molecule has 2 aromatic carbocycles. The topological polar surface area (TPSA) is 81.7 Å². The molecule has 0 heterocycles. The largest absolute Gasteiger partial charge is 0.490 e. The molecule has 3 rings (SSSR count). The summed E-state index contributed by atoms with van der Waals surface area (Å²) in [6.45, 7) is 2.08. The van der Waals surface area contributed by atoms with E-state index in [0.717, 1.165) is 42.5 Å². The fraction of sp³-hybridized carbons (Fsp3) is 0.440. The Morgan fingerprint density at radius 1 is 1.00 bits per heavy atom. The monoisotopic (exact) mass is 497 g/mol. The van der Waals surface area contributed by atoms with Crippen molar-refractivity contribution in [1.29, 1.82) is 0 Å². The molecule has 3 N–H and O–H groups in total. The standard InChI is InChI=1S/C23H30FN3O.C2HF3O2/c1-16(28)27(3)22-11-4-17(5-12-22)18-6-13-23(24)19(14-18)15-26-21-9-7-20(25-2)8-10-21;3-2(4,5)1(6)7/h4-6,11-14,20-21,25-26H,7-10,15H2,1-3H3;(H,6,7). The van der Waals surface area contributed by atoms with Gasteiger partial charge in [0.2, 0.25) is 5.91 Å². The highest BCUT2D eigenvalue weighted by Gasteiger charge is 2.38. The third-order valence-electron chi connectivity index (χ3n) is 6.07. The van der Waals surface area contributed by atoms with Gasteiger partial charge in [-0.05, 0) is 68.1 Å². The lowest BCUT2D eigenvalue weighted by molar-refractivity contribution is -0.192. The molecule has 0 saturated heterocycles. The van der Waals surface area contributed by atoms with Gasteiger partial charge in [0.25, 0.3) is 0 Å². The van der Waals surface area contributed by atoms with Crippen molar-refractivity contribution in [2.75, 3.05) is 19.0 Å². The summed E-state index contributed by atoms with van der Waals surface area (Å²) in [5, 5.41) is 14.0. The Morgan fingerprint density at radius 2 is 1.51 bits per heavy atom. The molecule has 0 aliphatic heterocycles. The number of anilines is 1. The van der Waals surface area contributed by atoms with Gasteiger partial charge in [-0.2, -0.15) is 13.2 Å². The first kappa shape index (κ1) is 28.3. The summed E-state index contributed by atoms with van der Waals surface area (Å²) < 4.78 is 46.1. The second-order valence-corrected chi connectivity index (χ2v) is 8.45. The van der Waals surface area contributed by atoms with Gasteiger partial charge < -0.3 is 20.6 Å². The van der Waals surface area contributed by atoms with Crippen LogP contribution in [0.25, 0.3) is 11.1 Å². The van der Waals surface area contributed by atoms with Crippen LogP contribution in [0.3, 0.4) is 0 Å². The fourth-order valence-electron chi connectivity index (χ4n) is 3.79. The van der Waals surface area contributed by atoms with Gasteiger partial charge in [0.15, 0.2) is 0 Å². The molecule has 192 valence electrons. The number of nitrogens with one attached hydrogen (secondary N) is 2. The fourth-order valence-corrected chi connectivity index (χ4v) is 3.79. The third-order valence-corrected chi connectivity index (χ3v) is 6.07. The Hall–Kier alpha value is -2.98. The van der Waals surface area contributed by atoms with Gasteiger partial charge in [0.05, 0.1) is 0 Å². The minimum Gasteiger partial charge on any atom is -0.475 e. The van der Waals surface area contributed by atoms with Gasteiger partial charge in [0, 0.05) is 43.9 Å². The third kappa shape index (κ3) is 8.63. The number of aliphatic carboxylic acids is 1. The highest BCUT2D eigenvalue weighted by molar-refractivity contribution is 5.91. The highest BCUT2D eigenvalue weighted by atomic mass is 19.4. The van der Waals surface area contributed by atoms with Crippen LogP contribution in [0.15, 0.2) is 42.5 Å². The lowest BCUT2D eigenvalue weighted by Gasteiger charge is -2.29. The van der Waals surface area contributed by atoms with Crippen LogP contribution in [0, 0.1) is 5.82 Å². The zero-order valence-corrected chi connectivity index (χ0v) is 20.0. The number of carbonyl (C=O) groups is 2. The number of carboxylic acid groups (broad SMARTS) is 1. The van der Waals surface area contributed by atoms with Crippen molar-refractivity contribution in [2.24, 2.45) is 0 Å². The van der Waals surface area contributed by atoms with E-state index in [-0.39, 0.29) is 11.7 Å². The number of hydrogen-bond donors (Lipinski definition) is 3. The molecule has 1 fully saturated rings. The maximum Gasteiger partial charge on any atom is 0.490 e. The van der Waals surface area contributed by atoms with Crippen LogP contribution >= 0.6 is 0 Å². The molecular weight excluding hydrogens is 466 g/mol. The molecule has 1 aliphatic carbocycles. The van der Waals surface area contributed by atoms with Crippen LogP contribution in [0.4, 0.5) is 23.2 Å². The number of halogens is 4. The molecule has 35 heavy (non-hydrogen) atoms. The van der Waals surface area contributed by atoms with E-state index in [1.807, 2.05) is 37.4 Å². The van der Waals surface area contributed by atoms with E-state index in [0.29, 0.717) is 24.2 Å². The van der Waals surface area contributed by atoms with Gasteiger partial charge in [0.1, 0.15) is 5.82 Å². The van der Waals surface area contributed by atoms with Gasteiger partial charge in [-0.3, -0.25) is 4.79 Å². The Morgan fingerprint density at radius 3 is 2.00 bits per heavy atom. The molecule has 1 aliphatic rings. The molecule has 1 saturated carbocycles. The Bertz CT molecular complexity index is 988. The van der Waals surface area contributed by atoms with Crippen molar-refractivity contribution in [2.45, 2.75) is 57.4 Å². The molecule has 0 spiro atoms. The van der Waals surface area contributed by atoms with Gasteiger partial charge >= 0.3 is 12.1 Å². The van der Waals surface area contributed by atoms with Crippen LogP contribution in [0.1, 0.15) is 38.2 Å². The van der Waals surface area contributed by atoms with Crippen LogP contribution in [-0.4, -0.2) is 49.3 Å². The van der Waals surface area contributed by atoms with Crippen LogP contribution < -0.4 is 15.5 Å². The van der Waals surface area contributed by atoms with Crippen LogP contribution in [0.5, 0.6) is 0 Å². The summed E-state index contributed by atoms with van der Waals surface area (Å²) in [6, 6.07) is 14.1. The summed E-state index contributed by atoms with van der Waals surface area (Å²) in [5.41, 5.74) is 3.53. The van der Waals surface area contributed by atoms with Crippen molar-refractivity contribution in [1.82, 2.24) is 10.6 Å². The first-order valence-electron chi connectivity index (χ1n) is 11.3. The molecule has 6 nitrogen and oxygen atoms in total. The molecular formula is C25H31F4N3O3. The van der Waals surface area contributed by atoms with Crippen molar-refractivity contribution in [3.8, 4) is 11.1 Å². The minimum absolute atomic E-state index is 0.00774. The lowest BCUT2D eigenvalue weighted by atomic mass is 9.91. The lowest BCUT2D eigenvalue weighted by Crippen LogP contribution is -2.38. The van der Waals surface area contributed by atoms with Crippen molar-refractivity contribution >= 4 is 17.6 Å². The van der Waals surface area contributed by atoms with E-state index in [1.165, 1.54) is 0 Å². The summed E-state index contributed by atoms with van der Waals surface area (Å²) >= 11 is 0. The Labute approximate surface area is 202 Å². The number of rotatable bonds is 6. The normalized spacial score (nSPS) is 17.8. The summed E-state index contributed by atoms with van der Waals surface area (Å²) in [4.78, 5) is 22.0. The molecule has 0 radical (unpaired) electrons. The molecule has 2 aromatic rings. The van der Waals surface area contributed by atoms with E-state index >= 15 is 0 Å². The van der Waals surface area contributed by atoms with E-state index in [9.17, 15) is 22.4 Å². The molecule has 1 amide bonds. The van der Waals surface area contributed by atoms with E-state index < -0.39 is 12.1 Å². The molecule has 0 atom stereocenters. The van der Waals surface area contributed by atoms with E-state index in [1.54, 1.807) is 31.0 Å². The average molecular weight is 498 g/mol. The molecule has 0 bridgehead atoms. The molecule has 10 heteroatoms. The van der Waals surface area contributed by atoms with Crippen LogP contribution in [-0.2, 0) is 16.1 Å². The maximum absolute atomic E-state index is 14.3. The summed E-state index contributed by atoms with van der Waals surface area (Å²) in [5.74, 6) is -2.94. The molecule has 0 unspecified atom stereocenters. The first-order valence-corrected chi connectivity index (χ1v) is 11.3. The van der Waals surface area contributed by atoms with Crippen molar-refractivity contribution < 1.29 is 32.3 Å². The van der Waals surface area contributed by atoms with Gasteiger partial charge in [-0.15, -0.1) is 0 Å². The Kier molecular flexibility index (Phi) is 10.2. The smallest absolute Gasteiger partial charge is 0.475 e. The van der Waals surface area contributed by atoms with Crippen LogP contribution in [0.2, 0.25) is 0 Å².